The summed E-state index contributed by atoms with van der Waals surface area (Å²) in [5.74, 6) is 1.28. The van der Waals surface area contributed by atoms with Crippen LogP contribution in [0, 0.1) is 0 Å². The third-order valence-corrected chi connectivity index (χ3v) is 6.17. The van der Waals surface area contributed by atoms with Crippen LogP contribution in [0.1, 0.15) is 30.5 Å². The number of fused-ring (bicyclic) bond motifs is 1. The van der Waals surface area contributed by atoms with Crippen molar-refractivity contribution in [1.29, 1.82) is 0 Å². The lowest BCUT2D eigenvalue weighted by atomic mass is 10.1. The van der Waals surface area contributed by atoms with Gasteiger partial charge in [0.15, 0.2) is 26.9 Å². The van der Waals surface area contributed by atoms with Crippen LogP contribution in [0.4, 0.5) is 5.82 Å². The molecule has 1 aromatic carbocycles. The predicted molar refractivity (Wildman–Crippen MR) is 121 cm³/mol. The molecular weight excluding hydrogens is 448 g/mol. The van der Waals surface area contributed by atoms with Gasteiger partial charge in [0.2, 0.25) is 0 Å². The fraction of sp³-hybridized carbons (Fsp3) is 0.238. The Morgan fingerprint density at radius 1 is 1.07 bits per heavy atom. The minimum Gasteiger partial charge on any atom is -0.382 e. The van der Waals surface area contributed by atoms with Crippen molar-refractivity contribution < 1.29 is 0 Å². The zero-order chi connectivity index (χ0) is 20.2. The SMILES string of the molecule is CCC(c1ccncc1)n1c(Br)nc2c(N)nc(SCCc3ccccc3)nc21. The van der Waals surface area contributed by atoms with Crippen molar-refractivity contribution in [3.8, 4) is 0 Å². The minimum absolute atomic E-state index is 0.0776. The molecule has 0 spiro atoms. The lowest BCUT2D eigenvalue weighted by Crippen LogP contribution is -2.11. The maximum absolute atomic E-state index is 6.23. The number of imidazole rings is 1. The van der Waals surface area contributed by atoms with Crippen molar-refractivity contribution in [3.05, 3.63) is 70.7 Å². The molecule has 0 radical (unpaired) electrons. The fourth-order valence-corrected chi connectivity index (χ4v) is 4.77. The highest BCUT2D eigenvalue weighted by Crippen LogP contribution is 2.32. The summed E-state index contributed by atoms with van der Waals surface area (Å²) >= 11 is 5.21. The number of aromatic nitrogens is 5. The van der Waals surface area contributed by atoms with Crippen LogP contribution in [-0.4, -0.2) is 30.3 Å². The minimum atomic E-state index is 0.0776. The molecule has 3 heterocycles. The Balaban J connectivity index is 1.66. The Morgan fingerprint density at radius 2 is 1.83 bits per heavy atom. The topological polar surface area (TPSA) is 82.5 Å². The maximum Gasteiger partial charge on any atom is 0.191 e. The number of rotatable bonds is 7. The van der Waals surface area contributed by atoms with E-state index in [9.17, 15) is 0 Å². The summed E-state index contributed by atoms with van der Waals surface area (Å²) in [4.78, 5) is 18.0. The maximum atomic E-state index is 6.23. The number of nitrogens with zero attached hydrogens (tertiary/aromatic N) is 5. The van der Waals surface area contributed by atoms with E-state index in [1.54, 1.807) is 24.2 Å². The van der Waals surface area contributed by atoms with E-state index in [1.807, 2.05) is 18.2 Å². The number of hydrogen-bond acceptors (Lipinski definition) is 6. The number of thioether (sulfide) groups is 1. The molecule has 0 amide bonds. The van der Waals surface area contributed by atoms with E-state index in [-0.39, 0.29) is 6.04 Å². The standard InChI is InChI=1S/C21H21BrN6S/c1-2-16(15-8-11-24-12-9-15)28-19-17(25-20(28)22)18(23)26-21(27-19)29-13-10-14-6-4-3-5-7-14/h3-9,11-12,16H,2,10,13H2,1H3,(H2,23,26,27). The van der Waals surface area contributed by atoms with Crippen LogP contribution in [0.3, 0.4) is 0 Å². The molecule has 0 aliphatic carbocycles. The highest BCUT2D eigenvalue weighted by molar-refractivity contribution is 9.10. The van der Waals surface area contributed by atoms with E-state index in [1.165, 1.54) is 5.56 Å². The van der Waals surface area contributed by atoms with Gasteiger partial charge in [0.1, 0.15) is 0 Å². The lowest BCUT2D eigenvalue weighted by Gasteiger charge is -2.18. The number of pyridine rings is 1. The van der Waals surface area contributed by atoms with Crippen molar-refractivity contribution >= 4 is 44.7 Å². The first-order valence-electron chi connectivity index (χ1n) is 9.45. The normalized spacial score (nSPS) is 12.3. The van der Waals surface area contributed by atoms with Crippen molar-refractivity contribution in [3.63, 3.8) is 0 Å². The fourth-order valence-electron chi connectivity index (χ4n) is 3.35. The first-order valence-corrected chi connectivity index (χ1v) is 11.2. The molecule has 8 heteroatoms. The van der Waals surface area contributed by atoms with Gasteiger partial charge in [0.05, 0.1) is 6.04 Å². The van der Waals surface area contributed by atoms with Crippen LogP contribution >= 0.6 is 27.7 Å². The largest absolute Gasteiger partial charge is 0.382 e. The van der Waals surface area contributed by atoms with Gasteiger partial charge >= 0.3 is 0 Å². The van der Waals surface area contributed by atoms with Crippen LogP contribution in [0.25, 0.3) is 11.2 Å². The highest BCUT2D eigenvalue weighted by atomic mass is 79.9. The van der Waals surface area contributed by atoms with E-state index in [2.05, 4.69) is 66.6 Å². The number of hydrogen-bond donors (Lipinski definition) is 1. The Morgan fingerprint density at radius 3 is 2.55 bits per heavy atom. The summed E-state index contributed by atoms with van der Waals surface area (Å²) in [5.41, 5.74) is 10.0. The summed E-state index contributed by atoms with van der Waals surface area (Å²) in [6, 6.07) is 14.5. The molecule has 2 N–H and O–H groups in total. The molecule has 0 bridgehead atoms. The van der Waals surface area contributed by atoms with Gasteiger partial charge in [-0.3, -0.25) is 9.55 Å². The second-order valence-electron chi connectivity index (χ2n) is 6.60. The molecule has 0 saturated carbocycles. The van der Waals surface area contributed by atoms with E-state index in [0.29, 0.717) is 21.2 Å². The highest BCUT2D eigenvalue weighted by Gasteiger charge is 2.22. The smallest absolute Gasteiger partial charge is 0.191 e. The van der Waals surface area contributed by atoms with Gasteiger partial charge in [0.25, 0.3) is 0 Å². The average Bonchev–Trinajstić information content (AvgIpc) is 3.07. The van der Waals surface area contributed by atoms with Crippen LogP contribution in [-0.2, 0) is 6.42 Å². The summed E-state index contributed by atoms with van der Waals surface area (Å²) in [6.45, 7) is 2.14. The molecule has 4 rings (SSSR count). The number of halogens is 1. The molecule has 0 aliphatic heterocycles. The van der Waals surface area contributed by atoms with Crippen molar-refractivity contribution in [2.45, 2.75) is 31.0 Å². The molecule has 148 valence electrons. The number of nitrogens with two attached hydrogens (primary N) is 1. The molecule has 29 heavy (non-hydrogen) atoms. The summed E-state index contributed by atoms with van der Waals surface area (Å²) in [5, 5.41) is 0.671. The van der Waals surface area contributed by atoms with Crippen LogP contribution in [0.5, 0.6) is 0 Å². The van der Waals surface area contributed by atoms with Crippen LogP contribution in [0.2, 0.25) is 0 Å². The van der Waals surface area contributed by atoms with E-state index in [0.717, 1.165) is 29.8 Å². The lowest BCUT2D eigenvalue weighted by molar-refractivity contribution is 0.565. The number of benzene rings is 1. The second-order valence-corrected chi connectivity index (χ2v) is 8.37. The number of nitrogen functional groups attached to an aromatic ring is 1. The zero-order valence-electron chi connectivity index (χ0n) is 16.0. The van der Waals surface area contributed by atoms with E-state index >= 15 is 0 Å². The first kappa shape index (κ1) is 19.8. The zero-order valence-corrected chi connectivity index (χ0v) is 18.4. The molecule has 0 saturated heterocycles. The van der Waals surface area contributed by atoms with Crippen molar-refractivity contribution in [2.75, 3.05) is 11.5 Å². The summed E-state index contributed by atoms with van der Waals surface area (Å²) < 4.78 is 2.79. The first-order chi connectivity index (χ1) is 14.2. The quantitative estimate of drug-likeness (QED) is 0.236. The molecule has 1 unspecified atom stereocenters. The summed E-state index contributed by atoms with van der Waals surface area (Å²) in [7, 11) is 0. The molecule has 3 aromatic heterocycles. The van der Waals surface area contributed by atoms with Gasteiger partial charge in [-0.15, -0.1) is 0 Å². The molecule has 6 nitrogen and oxygen atoms in total. The van der Waals surface area contributed by atoms with Gasteiger partial charge in [-0.25, -0.2) is 15.0 Å². The van der Waals surface area contributed by atoms with Gasteiger partial charge in [-0.1, -0.05) is 49.0 Å². The van der Waals surface area contributed by atoms with E-state index < -0.39 is 0 Å². The van der Waals surface area contributed by atoms with Gasteiger partial charge < -0.3 is 5.73 Å². The van der Waals surface area contributed by atoms with Crippen molar-refractivity contribution in [1.82, 2.24) is 24.5 Å². The van der Waals surface area contributed by atoms with Crippen LogP contribution < -0.4 is 5.73 Å². The second kappa shape index (κ2) is 8.92. The van der Waals surface area contributed by atoms with Crippen molar-refractivity contribution in [2.24, 2.45) is 0 Å². The van der Waals surface area contributed by atoms with Gasteiger partial charge in [-0.05, 0) is 52.0 Å². The average molecular weight is 469 g/mol. The van der Waals surface area contributed by atoms with Gasteiger partial charge in [0, 0.05) is 18.1 Å². The molecular formula is C21H21BrN6S. The Kier molecular flexibility index (Phi) is 6.10. The Hall–Kier alpha value is -2.45. The third-order valence-electron chi connectivity index (χ3n) is 4.76. The third kappa shape index (κ3) is 4.28. The van der Waals surface area contributed by atoms with E-state index in [4.69, 9.17) is 10.7 Å². The Labute approximate surface area is 182 Å². The number of anilines is 1. The number of aryl methyl sites for hydroxylation is 1. The van der Waals surface area contributed by atoms with Gasteiger partial charge in [-0.2, -0.15) is 0 Å². The molecule has 0 fully saturated rings. The predicted octanol–water partition coefficient (Wildman–Crippen LogP) is 4.90. The Bertz CT molecular complexity index is 1100. The molecule has 0 aliphatic rings. The summed E-state index contributed by atoms with van der Waals surface area (Å²) in [6.07, 6.45) is 5.44. The molecule has 1 atom stereocenters. The monoisotopic (exact) mass is 468 g/mol. The molecule has 4 aromatic rings. The van der Waals surface area contributed by atoms with Crippen LogP contribution in [0.15, 0.2) is 64.7 Å².